The zero-order chi connectivity index (χ0) is 19.2. The summed E-state index contributed by atoms with van der Waals surface area (Å²) in [5.41, 5.74) is 0.655. The molecule has 1 aliphatic rings. The second-order valence-corrected chi connectivity index (χ2v) is 6.27. The van der Waals surface area contributed by atoms with Crippen LogP contribution in [0.5, 0.6) is 5.75 Å². The van der Waals surface area contributed by atoms with Gasteiger partial charge in [0.1, 0.15) is 18.2 Å². The third-order valence-corrected chi connectivity index (χ3v) is 4.12. The van der Waals surface area contributed by atoms with E-state index in [0.29, 0.717) is 23.6 Å². The minimum atomic E-state index is -0.602. The topological polar surface area (TPSA) is 76.7 Å². The molecule has 142 valence electrons. The van der Waals surface area contributed by atoms with Crippen molar-refractivity contribution in [2.75, 3.05) is 23.8 Å². The molecular formula is C20H21FN2O4. The van der Waals surface area contributed by atoms with Gasteiger partial charge in [0, 0.05) is 19.2 Å². The third kappa shape index (κ3) is 5.04. The molecule has 2 aromatic rings. The molecule has 6 nitrogen and oxygen atoms in total. The van der Waals surface area contributed by atoms with Crippen molar-refractivity contribution in [3.63, 3.8) is 0 Å². The number of hydrogen-bond acceptors (Lipinski definition) is 4. The van der Waals surface area contributed by atoms with E-state index in [1.165, 1.54) is 25.1 Å². The molecule has 0 bridgehead atoms. The van der Waals surface area contributed by atoms with Gasteiger partial charge in [-0.25, -0.2) is 4.39 Å². The van der Waals surface area contributed by atoms with Crippen LogP contribution in [0, 0.1) is 5.82 Å². The summed E-state index contributed by atoms with van der Waals surface area (Å²) in [6.45, 7) is 2.43. The third-order valence-electron chi connectivity index (χ3n) is 4.12. The maximum absolute atomic E-state index is 14.1. The summed E-state index contributed by atoms with van der Waals surface area (Å²) in [4.78, 5) is 23.8. The van der Waals surface area contributed by atoms with Gasteiger partial charge < -0.3 is 20.1 Å². The highest BCUT2D eigenvalue weighted by Crippen LogP contribution is 2.24. The zero-order valence-electron chi connectivity index (χ0n) is 15.0. The molecule has 0 spiro atoms. The fourth-order valence-electron chi connectivity index (χ4n) is 2.83. The summed E-state index contributed by atoms with van der Waals surface area (Å²) in [5, 5.41) is 5.08. The van der Waals surface area contributed by atoms with Gasteiger partial charge in [-0.3, -0.25) is 9.59 Å². The van der Waals surface area contributed by atoms with E-state index in [0.717, 1.165) is 19.4 Å². The number of nitrogens with one attached hydrogen (secondary N) is 2. The predicted molar refractivity (Wildman–Crippen MR) is 99.6 cm³/mol. The van der Waals surface area contributed by atoms with Crippen LogP contribution < -0.4 is 15.4 Å². The minimum absolute atomic E-state index is 0.0212. The summed E-state index contributed by atoms with van der Waals surface area (Å²) in [5.74, 6) is -0.984. The van der Waals surface area contributed by atoms with Crippen molar-refractivity contribution in [2.24, 2.45) is 0 Å². The molecule has 1 fully saturated rings. The Balaban J connectivity index is 1.73. The Morgan fingerprint density at radius 1 is 1.22 bits per heavy atom. The smallest absolute Gasteiger partial charge is 0.259 e. The number of carbonyl (C=O) groups is 2. The lowest BCUT2D eigenvalue weighted by Gasteiger charge is -2.15. The Morgan fingerprint density at radius 2 is 2.04 bits per heavy atom. The number of halogens is 1. The first-order valence-corrected chi connectivity index (χ1v) is 8.75. The normalized spacial score (nSPS) is 16.0. The molecule has 2 N–H and O–H groups in total. The van der Waals surface area contributed by atoms with E-state index >= 15 is 0 Å². The highest BCUT2D eigenvalue weighted by atomic mass is 19.1. The summed E-state index contributed by atoms with van der Waals surface area (Å²) in [7, 11) is 0. The van der Waals surface area contributed by atoms with Crippen LogP contribution in [0.1, 0.15) is 30.1 Å². The minimum Gasteiger partial charge on any atom is -0.490 e. The number of carbonyl (C=O) groups excluding carboxylic acids is 2. The van der Waals surface area contributed by atoms with Gasteiger partial charge in [0.05, 0.1) is 17.4 Å². The van der Waals surface area contributed by atoms with E-state index in [1.54, 1.807) is 24.3 Å². The summed E-state index contributed by atoms with van der Waals surface area (Å²) in [6, 6.07) is 10.7. The largest absolute Gasteiger partial charge is 0.490 e. The molecular weight excluding hydrogens is 351 g/mol. The molecule has 3 rings (SSSR count). The average molecular weight is 372 g/mol. The Hall–Kier alpha value is -2.93. The van der Waals surface area contributed by atoms with Crippen molar-refractivity contribution in [2.45, 2.75) is 25.9 Å². The van der Waals surface area contributed by atoms with Gasteiger partial charge >= 0.3 is 0 Å². The monoisotopic (exact) mass is 372 g/mol. The SMILES string of the molecule is CC(=O)Nc1ccc(F)c(NC(=O)c2ccccc2OCC2CCCO2)c1. The van der Waals surface area contributed by atoms with Crippen molar-refractivity contribution in [1.29, 1.82) is 0 Å². The molecule has 0 saturated carbocycles. The van der Waals surface area contributed by atoms with Crippen molar-refractivity contribution in [1.82, 2.24) is 0 Å². The number of amides is 2. The number of ether oxygens (including phenoxy) is 2. The van der Waals surface area contributed by atoms with E-state index < -0.39 is 11.7 Å². The lowest BCUT2D eigenvalue weighted by molar-refractivity contribution is -0.114. The van der Waals surface area contributed by atoms with Gasteiger partial charge in [-0.2, -0.15) is 0 Å². The van der Waals surface area contributed by atoms with E-state index in [9.17, 15) is 14.0 Å². The van der Waals surface area contributed by atoms with Crippen LogP contribution >= 0.6 is 0 Å². The molecule has 0 aliphatic carbocycles. The molecule has 0 aromatic heterocycles. The van der Waals surface area contributed by atoms with Crippen molar-refractivity contribution < 1.29 is 23.5 Å². The van der Waals surface area contributed by atoms with Gasteiger partial charge in [0.25, 0.3) is 5.91 Å². The summed E-state index contributed by atoms with van der Waals surface area (Å²) < 4.78 is 25.3. The Labute approximate surface area is 156 Å². The van der Waals surface area contributed by atoms with Crippen LogP contribution in [0.3, 0.4) is 0 Å². The van der Waals surface area contributed by atoms with E-state index in [1.807, 2.05) is 0 Å². The number of anilines is 2. The van der Waals surface area contributed by atoms with Gasteiger partial charge in [0.2, 0.25) is 5.91 Å². The fourth-order valence-corrected chi connectivity index (χ4v) is 2.83. The van der Waals surface area contributed by atoms with Crippen LogP contribution in [0.2, 0.25) is 0 Å². The molecule has 1 saturated heterocycles. The van der Waals surface area contributed by atoms with E-state index in [4.69, 9.17) is 9.47 Å². The van der Waals surface area contributed by atoms with E-state index in [2.05, 4.69) is 10.6 Å². The van der Waals surface area contributed by atoms with Gasteiger partial charge in [-0.05, 0) is 43.2 Å². The van der Waals surface area contributed by atoms with Gasteiger partial charge in [-0.1, -0.05) is 12.1 Å². The average Bonchev–Trinajstić information content (AvgIpc) is 3.16. The van der Waals surface area contributed by atoms with Crippen molar-refractivity contribution >= 4 is 23.2 Å². The number of rotatable bonds is 6. The maximum atomic E-state index is 14.1. The number of para-hydroxylation sites is 1. The second kappa shape index (κ2) is 8.64. The molecule has 27 heavy (non-hydrogen) atoms. The van der Waals surface area contributed by atoms with Crippen LogP contribution in [-0.4, -0.2) is 31.1 Å². The second-order valence-electron chi connectivity index (χ2n) is 6.27. The molecule has 0 radical (unpaired) electrons. The molecule has 1 atom stereocenters. The first-order valence-electron chi connectivity index (χ1n) is 8.75. The molecule has 2 amide bonds. The zero-order valence-corrected chi connectivity index (χ0v) is 15.0. The highest BCUT2D eigenvalue weighted by molar-refractivity contribution is 6.06. The first kappa shape index (κ1) is 18.8. The Bertz CT molecular complexity index is 834. The molecule has 1 unspecified atom stereocenters. The van der Waals surface area contributed by atoms with Crippen molar-refractivity contribution in [3.05, 3.63) is 53.8 Å². The predicted octanol–water partition coefficient (Wildman–Crippen LogP) is 3.59. The van der Waals surface area contributed by atoms with Gasteiger partial charge in [-0.15, -0.1) is 0 Å². The van der Waals surface area contributed by atoms with Gasteiger partial charge in [0.15, 0.2) is 0 Å². The summed E-state index contributed by atoms with van der Waals surface area (Å²) >= 11 is 0. The lowest BCUT2D eigenvalue weighted by atomic mass is 10.1. The van der Waals surface area contributed by atoms with Crippen LogP contribution in [0.15, 0.2) is 42.5 Å². The molecule has 2 aromatic carbocycles. The highest BCUT2D eigenvalue weighted by Gasteiger charge is 2.19. The molecule has 1 heterocycles. The Kier molecular flexibility index (Phi) is 6.03. The van der Waals surface area contributed by atoms with Crippen LogP contribution in [-0.2, 0) is 9.53 Å². The Morgan fingerprint density at radius 3 is 2.78 bits per heavy atom. The summed E-state index contributed by atoms with van der Waals surface area (Å²) in [6.07, 6.45) is 1.95. The van der Waals surface area contributed by atoms with Crippen LogP contribution in [0.4, 0.5) is 15.8 Å². The van der Waals surface area contributed by atoms with Crippen LogP contribution in [0.25, 0.3) is 0 Å². The van der Waals surface area contributed by atoms with E-state index in [-0.39, 0.29) is 17.7 Å². The number of benzene rings is 2. The first-order chi connectivity index (χ1) is 13.0. The maximum Gasteiger partial charge on any atom is 0.259 e. The molecule has 7 heteroatoms. The van der Waals surface area contributed by atoms with Crippen molar-refractivity contribution in [3.8, 4) is 5.75 Å². The fraction of sp³-hybridized carbons (Fsp3) is 0.300. The lowest BCUT2D eigenvalue weighted by Crippen LogP contribution is -2.19. The standard InChI is InChI=1S/C20H21FN2O4/c1-13(24)22-14-8-9-17(21)18(11-14)23-20(25)16-6-2-3-7-19(16)27-12-15-5-4-10-26-15/h2-3,6-9,11,15H,4-5,10,12H2,1H3,(H,22,24)(H,23,25). The quantitative estimate of drug-likeness (QED) is 0.812. The molecule has 1 aliphatic heterocycles. The number of hydrogen-bond donors (Lipinski definition) is 2.